The highest BCUT2D eigenvalue weighted by Gasteiger charge is 2.23. The fourth-order valence-corrected chi connectivity index (χ4v) is 2.29. The lowest BCUT2D eigenvalue weighted by Crippen LogP contribution is -2.43. The zero-order chi connectivity index (χ0) is 13.7. The Morgan fingerprint density at radius 3 is 3.16 bits per heavy atom. The first-order valence-corrected chi connectivity index (χ1v) is 6.46. The fraction of sp³-hybridized carbons (Fsp3) is 0.400. The molecule has 0 saturated carbocycles. The van der Waals surface area contributed by atoms with Crippen molar-refractivity contribution in [2.24, 2.45) is 5.92 Å². The first-order valence-electron chi connectivity index (χ1n) is 6.46. The van der Waals surface area contributed by atoms with Gasteiger partial charge in [-0.1, -0.05) is 12.0 Å². The SMILES string of the molecule is C#Cc1cccc(NC(=O)N2CCCC(CO)C2)c1. The molecule has 0 spiro atoms. The van der Waals surface area contributed by atoms with E-state index in [2.05, 4.69) is 11.2 Å². The minimum atomic E-state index is -0.132. The molecule has 1 fully saturated rings. The number of nitrogens with zero attached hydrogens (tertiary/aromatic N) is 1. The van der Waals surface area contributed by atoms with Gasteiger partial charge in [-0.05, 0) is 37.0 Å². The molecule has 1 unspecified atom stereocenters. The van der Waals surface area contributed by atoms with Crippen LogP contribution in [0.2, 0.25) is 0 Å². The Morgan fingerprint density at radius 1 is 1.58 bits per heavy atom. The molecule has 4 heteroatoms. The quantitative estimate of drug-likeness (QED) is 0.796. The third kappa shape index (κ3) is 3.49. The maximum atomic E-state index is 12.1. The maximum Gasteiger partial charge on any atom is 0.321 e. The lowest BCUT2D eigenvalue weighted by Gasteiger charge is -2.31. The van der Waals surface area contributed by atoms with E-state index in [1.165, 1.54) is 0 Å². The first kappa shape index (κ1) is 13.4. The molecule has 4 nitrogen and oxygen atoms in total. The number of hydrogen-bond acceptors (Lipinski definition) is 2. The molecule has 0 radical (unpaired) electrons. The van der Waals surface area contributed by atoms with Crippen LogP contribution in [0.3, 0.4) is 0 Å². The molecule has 1 atom stereocenters. The van der Waals surface area contributed by atoms with Gasteiger partial charge in [-0.25, -0.2) is 4.79 Å². The summed E-state index contributed by atoms with van der Waals surface area (Å²) in [6.07, 6.45) is 7.24. The average Bonchev–Trinajstić information content (AvgIpc) is 2.47. The number of rotatable bonds is 2. The Bertz CT molecular complexity index is 493. The molecule has 1 aromatic rings. The van der Waals surface area contributed by atoms with Crippen molar-refractivity contribution in [3.8, 4) is 12.3 Å². The van der Waals surface area contributed by atoms with Gasteiger partial charge in [-0.15, -0.1) is 6.42 Å². The van der Waals surface area contributed by atoms with E-state index in [1.807, 2.05) is 18.2 Å². The number of hydrogen-bond donors (Lipinski definition) is 2. The fourth-order valence-electron chi connectivity index (χ4n) is 2.29. The number of urea groups is 1. The highest BCUT2D eigenvalue weighted by molar-refractivity contribution is 5.89. The summed E-state index contributed by atoms with van der Waals surface area (Å²) in [5.41, 5.74) is 1.44. The Hall–Kier alpha value is -1.99. The van der Waals surface area contributed by atoms with Crippen LogP contribution >= 0.6 is 0 Å². The van der Waals surface area contributed by atoms with Gasteiger partial charge in [0.25, 0.3) is 0 Å². The lowest BCUT2D eigenvalue weighted by atomic mass is 9.99. The van der Waals surface area contributed by atoms with Crippen molar-refractivity contribution < 1.29 is 9.90 Å². The number of nitrogens with one attached hydrogen (secondary N) is 1. The van der Waals surface area contributed by atoms with E-state index in [0.29, 0.717) is 12.2 Å². The second-order valence-electron chi connectivity index (χ2n) is 4.79. The summed E-state index contributed by atoms with van der Waals surface area (Å²) >= 11 is 0. The number of aliphatic hydroxyl groups is 1. The van der Waals surface area contributed by atoms with Crippen LogP contribution in [-0.2, 0) is 0 Å². The van der Waals surface area contributed by atoms with Gasteiger partial charge in [0.2, 0.25) is 0 Å². The molecule has 2 N–H and O–H groups in total. The molecule has 1 aliphatic heterocycles. The summed E-state index contributed by atoms with van der Waals surface area (Å²) in [7, 11) is 0. The maximum absolute atomic E-state index is 12.1. The van der Waals surface area contributed by atoms with Gasteiger partial charge in [0, 0.05) is 30.9 Å². The largest absolute Gasteiger partial charge is 0.396 e. The van der Waals surface area contributed by atoms with Crippen molar-refractivity contribution in [3.05, 3.63) is 29.8 Å². The average molecular weight is 258 g/mol. The summed E-state index contributed by atoms with van der Waals surface area (Å²) in [6, 6.07) is 7.08. The van der Waals surface area contributed by atoms with Crippen molar-refractivity contribution >= 4 is 11.7 Å². The minimum Gasteiger partial charge on any atom is -0.396 e. The normalized spacial score (nSPS) is 18.7. The smallest absolute Gasteiger partial charge is 0.321 e. The van der Waals surface area contributed by atoms with Crippen LogP contribution in [0.5, 0.6) is 0 Å². The predicted octanol–water partition coefficient (Wildman–Crippen LogP) is 1.90. The zero-order valence-corrected chi connectivity index (χ0v) is 10.8. The molecule has 0 aromatic heterocycles. The van der Waals surface area contributed by atoms with Gasteiger partial charge in [-0.2, -0.15) is 0 Å². The molecule has 0 aliphatic carbocycles. The number of piperidine rings is 1. The monoisotopic (exact) mass is 258 g/mol. The molecule has 1 aliphatic rings. The van der Waals surface area contributed by atoms with Crippen LogP contribution in [0.15, 0.2) is 24.3 Å². The predicted molar refractivity (Wildman–Crippen MR) is 74.8 cm³/mol. The number of anilines is 1. The number of carbonyl (C=O) groups is 1. The minimum absolute atomic E-state index is 0.132. The molecule has 2 amide bonds. The Morgan fingerprint density at radius 2 is 2.42 bits per heavy atom. The van der Waals surface area contributed by atoms with Crippen molar-refractivity contribution in [1.82, 2.24) is 4.90 Å². The third-order valence-corrected chi connectivity index (χ3v) is 3.34. The lowest BCUT2D eigenvalue weighted by molar-refractivity contribution is 0.136. The second kappa shape index (κ2) is 6.26. The van der Waals surface area contributed by atoms with Crippen LogP contribution in [-0.4, -0.2) is 35.7 Å². The van der Waals surface area contributed by atoms with Crippen LogP contribution in [0.25, 0.3) is 0 Å². The first-order chi connectivity index (χ1) is 9.22. The number of amides is 2. The number of likely N-dealkylation sites (tertiary alicyclic amines) is 1. The Kier molecular flexibility index (Phi) is 4.43. The number of benzene rings is 1. The van der Waals surface area contributed by atoms with E-state index >= 15 is 0 Å². The van der Waals surface area contributed by atoms with Gasteiger partial charge in [0.1, 0.15) is 0 Å². The summed E-state index contributed by atoms with van der Waals surface area (Å²) in [5, 5.41) is 12.0. The van der Waals surface area contributed by atoms with Crippen molar-refractivity contribution in [3.63, 3.8) is 0 Å². The number of aliphatic hydroxyl groups excluding tert-OH is 1. The molecule has 2 rings (SSSR count). The molecule has 1 aromatic carbocycles. The molecule has 100 valence electrons. The zero-order valence-electron chi connectivity index (χ0n) is 10.8. The van der Waals surface area contributed by atoms with E-state index in [1.54, 1.807) is 11.0 Å². The Balaban J connectivity index is 1.98. The van der Waals surface area contributed by atoms with Crippen LogP contribution < -0.4 is 5.32 Å². The number of carbonyl (C=O) groups excluding carboxylic acids is 1. The molecular formula is C15H18N2O2. The summed E-state index contributed by atoms with van der Waals surface area (Å²) in [5.74, 6) is 2.73. The summed E-state index contributed by atoms with van der Waals surface area (Å²) in [6.45, 7) is 1.48. The topological polar surface area (TPSA) is 52.6 Å². The molecule has 1 saturated heterocycles. The van der Waals surface area contributed by atoms with Gasteiger partial charge >= 0.3 is 6.03 Å². The van der Waals surface area contributed by atoms with Crippen molar-refractivity contribution in [2.75, 3.05) is 25.0 Å². The van der Waals surface area contributed by atoms with E-state index in [4.69, 9.17) is 11.5 Å². The standard InChI is InChI=1S/C15H18N2O2/c1-2-12-5-3-7-14(9-12)16-15(19)17-8-4-6-13(10-17)11-18/h1,3,5,7,9,13,18H,4,6,8,10-11H2,(H,16,19). The van der Waals surface area contributed by atoms with E-state index < -0.39 is 0 Å². The van der Waals surface area contributed by atoms with E-state index in [9.17, 15) is 4.79 Å². The summed E-state index contributed by atoms with van der Waals surface area (Å²) < 4.78 is 0. The van der Waals surface area contributed by atoms with Crippen molar-refractivity contribution in [2.45, 2.75) is 12.8 Å². The molecule has 19 heavy (non-hydrogen) atoms. The molecular weight excluding hydrogens is 240 g/mol. The molecule has 0 bridgehead atoms. The van der Waals surface area contributed by atoms with E-state index in [-0.39, 0.29) is 18.6 Å². The van der Waals surface area contributed by atoms with Crippen LogP contribution in [0.4, 0.5) is 10.5 Å². The van der Waals surface area contributed by atoms with Crippen LogP contribution in [0.1, 0.15) is 18.4 Å². The second-order valence-corrected chi connectivity index (χ2v) is 4.79. The Labute approximate surface area is 113 Å². The summed E-state index contributed by atoms with van der Waals surface area (Å²) in [4.78, 5) is 13.9. The highest BCUT2D eigenvalue weighted by Crippen LogP contribution is 2.17. The molecule has 1 heterocycles. The van der Waals surface area contributed by atoms with E-state index in [0.717, 1.165) is 24.9 Å². The van der Waals surface area contributed by atoms with Crippen LogP contribution in [0, 0.1) is 18.3 Å². The van der Waals surface area contributed by atoms with Gasteiger partial charge in [-0.3, -0.25) is 0 Å². The van der Waals surface area contributed by atoms with Crippen molar-refractivity contribution in [1.29, 1.82) is 0 Å². The van der Waals surface area contributed by atoms with Gasteiger partial charge in [0.05, 0.1) is 0 Å². The van der Waals surface area contributed by atoms with Gasteiger partial charge in [0.15, 0.2) is 0 Å². The van der Waals surface area contributed by atoms with Gasteiger partial charge < -0.3 is 15.3 Å². The highest BCUT2D eigenvalue weighted by atomic mass is 16.3. The third-order valence-electron chi connectivity index (χ3n) is 3.34. The number of terminal acetylenes is 1.